The van der Waals surface area contributed by atoms with Gasteiger partial charge in [-0.15, -0.1) is 0 Å². The second-order valence-electron chi connectivity index (χ2n) is 7.96. The van der Waals surface area contributed by atoms with Gasteiger partial charge in [0.25, 0.3) is 0 Å². The predicted molar refractivity (Wildman–Crippen MR) is 109 cm³/mol. The van der Waals surface area contributed by atoms with Gasteiger partial charge in [-0.25, -0.2) is 0 Å². The molecule has 26 heavy (non-hydrogen) atoms. The standard InChI is InChI=1S/C23H34N2O/c26-23(25-22-16-17-24-18-22)21-14-8-6-12-20(13-7-9-15-21)19-10-4-2-1-3-5-11-19/h1-5,10-11,20-22,24H,6-9,12-18H2,(H,25,26)/b2-1-,3-1?,4-2?,5-3-,10-4?,11-5?,19-10?,19-11?/t20?,21?,22-/m1/s1. The van der Waals surface area contributed by atoms with Crippen LogP contribution in [0, 0.1) is 11.8 Å². The lowest BCUT2D eigenvalue weighted by Crippen LogP contribution is -2.40. The van der Waals surface area contributed by atoms with Gasteiger partial charge in [0.1, 0.15) is 0 Å². The molecule has 1 atom stereocenters. The highest BCUT2D eigenvalue weighted by Crippen LogP contribution is 2.30. The van der Waals surface area contributed by atoms with E-state index in [-0.39, 0.29) is 5.92 Å². The molecule has 0 unspecified atom stereocenters. The van der Waals surface area contributed by atoms with Crippen molar-refractivity contribution in [3.05, 3.63) is 48.1 Å². The van der Waals surface area contributed by atoms with E-state index in [4.69, 9.17) is 0 Å². The average Bonchev–Trinajstić information content (AvgIpc) is 3.12. The molecule has 3 rings (SSSR count). The Morgan fingerprint density at radius 1 is 0.885 bits per heavy atom. The molecule has 3 heteroatoms. The second kappa shape index (κ2) is 10.5. The van der Waals surface area contributed by atoms with E-state index in [2.05, 4.69) is 53.2 Å². The molecule has 2 aliphatic carbocycles. The van der Waals surface area contributed by atoms with Crippen molar-refractivity contribution in [2.75, 3.05) is 13.1 Å². The molecule has 1 saturated carbocycles. The summed E-state index contributed by atoms with van der Waals surface area (Å²) in [6, 6.07) is 0.349. The SMILES string of the molecule is O=C(N[C@@H]1CCNC1)C1CCCCC(C2=C/C=C\C=C/C=C2)CCCC1. The molecule has 2 N–H and O–H groups in total. The molecule has 3 aliphatic rings. The molecule has 0 spiro atoms. The van der Waals surface area contributed by atoms with Crippen LogP contribution in [0.15, 0.2) is 48.1 Å². The van der Waals surface area contributed by atoms with Gasteiger partial charge in [0.05, 0.1) is 0 Å². The fourth-order valence-corrected chi connectivity index (χ4v) is 4.40. The Morgan fingerprint density at radius 2 is 1.58 bits per heavy atom. The van der Waals surface area contributed by atoms with Crippen LogP contribution in [0.25, 0.3) is 0 Å². The van der Waals surface area contributed by atoms with Gasteiger partial charge in [0.15, 0.2) is 0 Å². The van der Waals surface area contributed by atoms with Crippen molar-refractivity contribution in [2.45, 2.75) is 63.8 Å². The van der Waals surface area contributed by atoms with Crippen LogP contribution in [-0.2, 0) is 4.79 Å². The van der Waals surface area contributed by atoms with Crippen LogP contribution in [0.1, 0.15) is 57.8 Å². The van der Waals surface area contributed by atoms with E-state index in [1.807, 2.05) is 0 Å². The van der Waals surface area contributed by atoms with Gasteiger partial charge in [-0.2, -0.15) is 0 Å². The van der Waals surface area contributed by atoms with Crippen molar-refractivity contribution in [1.82, 2.24) is 10.6 Å². The minimum Gasteiger partial charge on any atom is -0.352 e. The monoisotopic (exact) mass is 354 g/mol. The smallest absolute Gasteiger partial charge is 0.223 e. The molecule has 2 fully saturated rings. The number of amides is 1. The minimum absolute atomic E-state index is 0.223. The molecule has 0 aromatic carbocycles. The maximum atomic E-state index is 12.6. The fourth-order valence-electron chi connectivity index (χ4n) is 4.40. The maximum Gasteiger partial charge on any atom is 0.223 e. The van der Waals surface area contributed by atoms with Gasteiger partial charge in [0, 0.05) is 18.5 Å². The number of carbonyl (C=O) groups is 1. The molecule has 0 aromatic heterocycles. The van der Waals surface area contributed by atoms with Crippen molar-refractivity contribution >= 4 is 5.91 Å². The highest BCUT2D eigenvalue weighted by Gasteiger charge is 2.24. The second-order valence-corrected chi connectivity index (χ2v) is 7.96. The number of nitrogens with one attached hydrogen (secondary N) is 2. The Balaban J connectivity index is 1.50. The number of carbonyl (C=O) groups excluding carboxylic acids is 1. The number of hydrogen-bond acceptors (Lipinski definition) is 2. The van der Waals surface area contributed by atoms with Crippen LogP contribution >= 0.6 is 0 Å². The largest absolute Gasteiger partial charge is 0.352 e. The summed E-state index contributed by atoms with van der Waals surface area (Å²) in [5.41, 5.74) is 1.47. The van der Waals surface area contributed by atoms with E-state index >= 15 is 0 Å². The first-order valence-corrected chi connectivity index (χ1v) is 10.6. The molecule has 0 bridgehead atoms. The van der Waals surface area contributed by atoms with Crippen molar-refractivity contribution in [2.24, 2.45) is 11.8 Å². The summed E-state index contributed by atoms with van der Waals surface area (Å²) in [6.07, 6.45) is 25.6. The summed E-state index contributed by atoms with van der Waals surface area (Å²) in [7, 11) is 0. The molecular formula is C23H34N2O. The third-order valence-electron chi connectivity index (χ3n) is 5.98. The molecule has 0 aromatic rings. The number of rotatable bonds is 3. The quantitative estimate of drug-likeness (QED) is 0.787. The third-order valence-corrected chi connectivity index (χ3v) is 5.98. The Kier molecular flexibility index (Phi) is 7.75. The zero-order chi connectivity index (χ0) is 18.0. The Morgan fingerprint density at radius 3 is 2.31 bits per heavy atom. The molecule has 0 radical (unpaired) electrons. The number of allylic oxidation sites excluding steroid dienone is 8. The zero-order valence-corrected chi connectivity index (χ0v) is 16.0. The van der Waals surface area contributed by atoms with Crippen LogP contribution in [-0.4, -0.2) is 25.0 Å². The summed E-state index contributed by atoms with van der Waals surface area (Å²) in [4.78, 5) is 12.6. The topological polar surface area (TPSA) is 41.1 Å². The summed E-state index contributed by atoms with van der Waals surface area (Å²) in [5, 5.41) is 6.60. The van der Waals surface area contributed by atoms with Crippen molar-refractivity contribution < 1.29 is 4.79 Å². The van der Waals surface area contributed by atoms with Crippen LogP contribution in [0.5, 0.6) is 0 Å². The van der Waals surface area contributed by atoms with Crippen LogP contribution in [0.2, 0.25) is 0 Å². The van der Waals surface area contributed by atoms with Gasteiger partial charge in [-0.05, 0) is 50.1 Å². The van der Waals surface area contributed by atoms with Crippen molar-refractivity contribution in [3.8, 4) is 0 Å². The zero-order valence-electron chi connectivity index (χ0n) is 16.0. The first kappa shape index (κ1) is 19.2. The molecular weight excluding hydrogens is 320 g/mol. The highest BCUT2D eigenvalue weighted by atomic mass is 16.1. The van der Waals surface area contributed by atoms with Crippen LogP contribution < -0.4 is 10.6 Å². The van der Waals surface area contributed by atoms with Crippen molar-refractivity contribution in [3.63, 3.8) is 0 Å². The first-order chi connectivity index (χ1) is 12.8. The van der Waals surface area contributed by atoms with E-state index in [9.17, 15) is 4.79 Å². The maximum absolute atomic E-state index is 12.6. The predicted octanol–water partition coefficient (Wildman–Crippen LogP) is 4.44. The Bertz CT molecular complexity index is 555. The van der Waals surface area contributed by atoms with E-state index in [0.717, 1.165) is 32.4 Å². The molecule has 1 heterocycles. The normalized spacial score (nSPS) is 32.8. The number of hydrogen-bond donors (Lipinski definition) is 2. The summed E-state index contributed by atoms with van der Waals surface area (Å²) < 4.78 is 0. The molecule has 142 valence electrons. The lowest BCUT2D eigenvalue weighted by atomic mass is 9.83. The summed E-state index contributed by atoms with van der Waals surface area (Å²) in [5.74, 6) is 1.19. The van der Waals surface area contributed by atoms with Crippen LogP contribution in [0.3, 0.4) is 0 Å². The Hall–Kier alpha value is -1.61. The van der Waals surface area contributed by atoms with E-state index in [1.54, 1.807) is 0 Å². The Labute approximate surface area is 158 Å². The fraction of sp³-hybridized carbons (Fsp3) is 0.609. The van der Waals surface area contributed by atoms with Gasteiger partial charge < -0.3 is 10.6 Å². The van der Waals surface area contributed by atoms with E-state index < -0.39 is 0 Å². The minimum atomic E-state index is 0.223. The highest BCUT2D eigenvalue weighted by molar-refractivity contribution is 5.79. The third kappa shape index (κ3) is 5.98. The summed E-state index contributed by atoms with van der Waals surface area (Å²) in [6.45, 7) is 1.97. The molecule has 1 saturated heterocycles. The lowest BCUT2D eigenvalue weighted by Gasteiger charge is -2.24. The molecule has 3 nitrogen and oxygen atoms in total. The van der Waals surface area contributed by atoms with Crippen molar-refractivity contribution in [1.29, 1.82) is 0 Å². The van der Waals surface area contributed by atoms with Crippen LogP contribution in [0.4, 0.5) is 0 Å². The van der Waals surface area contributed by atoms with Gasteiger partial charge in [-0.1, -0.05) is 68.2 Å². The molecule has 1 amide bonds. The first-order valence-electron chi connectivity index (χ1n) is 10.6. The molecule has 1 aliphatic heterocycles. The summed E-state index contributed by atoms with van der Waals surface area (Å²) >= 11 is 0. The van der Waals surface area contributed by atoms with E-state index in [0.29, 0.717) is 17.9 Å². The lowest BCUT2D eigenvalue weighted by molar-refractivity contribution is -0.126. The van der Waals surface area contributed by atoms with Gasteiger partial charge in [-0.3, -0.25) is 4.79 Å². The van der Waals surface area contributed by atoms with E-state index in [1.165, 1.54) is 44.1 Å². The van der Waals surface area contributed by atoms with Gasteiger partial charge >= 0.3 is 0 Å². The van der Waals surface area contributed by atoms with Gasteiger partial charge in [0.2, 0.25) is 5.91 Å². The average molecular weight is 355 g/mol.